The Morgan fingerprint density at radius 1 is 1.16 bits per heavy atom. The Balaban J connectivity index is 2.46. The van der Waals surface area contributed by atoms with Crippen LogP contribution in [0.1, 0.15) is 30.1 Å². The predicted molar refractivity (Wildman–Crippen MR) is 74.0 cm³/mol. The Kier molecular flexibility index (Phi) is 5.23. The van der Waals surface area contributed by atoms with Gasteiger partial charge in [-0.1, -0.05) is 0 Å². The van der Waals surface area contributed by atoms with Gasteiger partial charge in [0, 0.05) is 23.9 Å². The molecule has 1 aromatic rings. The normalized spacial score (nSPS) is 11.1. The topological polar surface area (TPSA) is 80.3 Å². The third-order valence-electron chi connectivity index (χ3n) is 2.49. The SMILES string of the molecule is CC(=O)c1ccc(NC(=O)CCCS(C)(=O)=O)cc1. The van der Waals surface area contributed by atoms with Crippen molar-refractivity contribution in [2.24, 2.45) is 0 Å². The van der Waals surface area contributed by atoms with Crippen LogP contribution in [0, 0.1) is 0 Å². The monoisotopic (exact) mass is 283 g/mol. The van der Waals surface area contributed by atoms with Crippen molar-refractivity contribution in [2.45, 2.75) is 19.8 Å². The zero-order chi connectivity index (χ0) is 14.5. The highest BCUT2D eigenvalue weighted by molar-refractivity contribution is 7.90. The van der Waals surface area contributed by atoms with Crippen LogP contribution in [0.2, 0.25) is 0 Å². The molecular formula is C13H17NO4S. The number of benzene rings is 1. The van der Waals surface area contributed by atoms with E-state index in [0.29, 0.717) is 17.7 Å². The number of carbonyl (C=O) groups is 2. The van der Waals surface area contributed by atoms with E-state index >= 15 is 0 Å². The summed E-state index contributed by atoms with van der Waals surface area (Å²) in [7, 11) is -3.03. The lowest BCUT2D eigenvalue weighted by molar-refractivity contribution is -0.116. The summed E-state index contributed by atoms with van der Waals surface area (Å²) in [4.78, 5) is 22.6. The van der Waals surface area contributed by atoms with E-state index in [4.69, 9.17) is 0 Å². The fourth-order valence-corrected chi connectivity index (χ4v) is 2.18. The Bertz CT molecular complexity index is 561. The molecule has 0 fully saturated rings. The van der Waals surface area contributed by atoms with Crippen LogP contribution in [0.5, 0.6) is 0 Å². The second-order valence-corrected chi connectivity index (χ2v) is 6.67. The van der Waals surface area contributed by atoms with Gasteiger partial charge in [-0.15, -0.1) is 0 Å². The van der Waals surface area contributed by atoms with Crippen LogP contribution in [0.3, 0.4) is 0 Å². The number of rotatable bonds is 6. The number of anilines is 1. The van der Waals surface area contributed by atoms with Crippen molar-refractivity contribution in [3.05, 3.63) is 29.8 Å². The molecule has 0 aliphatic carbocycles. The number of ketones is 1. The van der Waals surface area contributed by atoms with Crippen molar-refractivity contribution in [3.63, 3.8) is 0 Å². The molecule has 1 rings (SSSR count). The first kappa shape index (κ1) is 15.4. The molecule has 0 heterocycles. The first-order valence-corrected chi connectivity index (χ1v) is 7.92. The van der Waals surface area contributed by atoms with Crippen molar-refractivity contribution < 1.29 is 18.0 Å². The molecule has 5 nitrogen and oxygen atoms in total. The smallest absolute Gasteiger partial charge is 0.224 e. The van der Waals surface area contributed by atoms with Gasteiger partial charge in [0.2, 0.25) is 5.91 Å². The van der Waals surface area contributed by atoms with Gasteiger partial charge in [-0.2, -0.15) is 0 Å². The zero-order valence-corrected chi connectivity index (χ0v) is 11.8. The summed E-state index contributed by atoms with van der Waals surface area (Å²) in [6.07, 6.45) is 1.60. The van der Waals surface area contributed by atoms with Crippen molar-refractivity contribution in [1.29, 1.82) is 0 Å². The average molecular weight is 283 g/mol. The van der Waals surface area contributed by atoms with Crippen molar-refractivity contribution in [2.75, 3.05) is 17.3 Å². The van der Waals surface area contributed by atoms with Crippen LogP contribution in [0.15, 0.2) is 24.3 Å². The molecule has 19 heavy (non-hydrogen) atoms. The molecule has 0 saturated heterocycles. The lowest BCUT2D eigenvalue weighted by Gasteiger charge is -2.05. The van der Waals surface area contributed by atoms with Crippen LogP contribution >= 0.6 is 0 Å². The van der Waals surface area contributed by atoms with Gasteiger partial charge in [0.05, 0.1) is 5.75 Å². The Morgan fingerprint density at radius 3 is 2.21 bits per heavy atom. The van der Waals surface area contributed by atoms with Crippen molar-refractivity contribution >= 4 is 27.2 Å². The fraction of sp³-hybridized carbons (Fsp3) is 0.385. The van der Waals surface area contributed by atoms with E-state index in [9.17, 15) is 18.0 Å². The number of Topliss-reactive ketones (excluding diaryl/α,β-unsaturated/α-hetero) is 1. The second kappa shape index (κ2) is 6.47. The summed E-state index contributed by atoms with van der Waals surface area (Å²) in [5.41, 5.74) is 1.17. The summed E-state index contributed by atoms with van der Waals surface area (Å²) in [5.74, 6) is -0.269. The first-order valence-electron chi connectivity index (χ1n) is 5.86. The van der Waals surface area contributed by atoms with Crippen LogP contribution in [0.25, 0.3) is 0 Å². The van der Waals surface area contributed by atoms with Gasteiger partial charge in [0.25, 0.3) is 0 Å². The third-order valence-corrected chi connectivity index (χ3v) is 3.52. The van der Waals surface area contributed by atoms with Crippen LogP contribution in [-0.4, -0.2) is 32.1 Å². The van der Waals surface area contributed by atoms with E-state index < -0.39 is 9.84 Å². The summed E-state index contributed by atoms with van der Waals surface area (Å²) in [6.45, 7) is 1.47. The van der Waals surface area contributed by atoms with E-state index in [1.165, 1.54) is 6.92 Å². The number of carbonyl (C=O) groups excluding carboxylic acids is 2. The predicted octanol–water partition coefficient (Wildman–Crippen LogP) is 1.65. The summed E-state index contributed by atoms with van der Waals surface area (Å²) in [6, 6.07) is 6.55. The number of hydrogen-bond donors (Lipinski definition) is 1. The molecular weight excluding hydrogens is 266 g/mol. The van der Waals surface area contributed by atoms with Crippen molar-refractivity contribution in [1.82, 2.24) is 0 Å². The van der Waals surface area contributed by atoms with Gasteiger partial charge < -0.3 is 5.32 Å². The summed E-state index contributed by atoms with van der Waals surface area (Å²) in [5, 5.41) is 2.65. The van der Waals surface area contributed by atoms with E-state index in [0.717, 1.165) is 6.26 Å². The highest BCUT2D eigenvalue weighted by atomic mass is 32.2. The maximum absolute atomic E-state index is 11.5. The maximum Gasteiger partial charge on any atom is 0.224 e. The Labute approximate surface area is 112 Å². The second-order valence-electron chi connectivity index (χ2n) is 4.42. The molecule has 0 saturated carbocycles. The standard InChI is InChI=1S/C13H17NO4S/c1-10(15)11-5-7-12(8-6-11)14-13(16)4-3-9-19(2,17)18/h5-8H,3-4,9H2,1-2H3,(H,14,16). The molecule has 0 aromatic heterocycles. The van der Waals surface area contributed by atoms with Gasteiger partial charge >= 0.3 is 0 Å². The summed E-state index contributed by atoms with van der Waals surface area (Å²) >= 11 is 0. The highest BCUT2D eigenvalue weighted by Gasteiger charge is 2.07. The number of hydrogen-bond acceptors (Lipinski definition) is 4. The molecule has 6 heteroatoms. The van der Waals surface area contributed by atoms with E-state index in [1.54, 1.807) is 24.3 Å². The molecule has 0 radical (unpaired) electrons. The highest BCUT2D eigenvalue weighted by Crippen LogP contribution is 2.10. The van der Waals surface area contributed by atoms with Gasteiger partial charge in [-0.05, 0) is 37.6 Å². The van der Waals surface area contributed by atoms with E-state index in [2.05, 4.69) is 5.32 Å². The molecule has 104 valence electrons. The zero-order valence-electron chi connectivity index (χ0n) is 11.0. The van der Waals surface area contributed by atoms with Gasteiger partial charge in [-0.25, -0.2) is 8.42 Å². The minimum Gasteiger partial charge on any atom is -0.326 e. The van der Waals surface area contributed by atoms with Gasteiger partial charge in [0.1, 0.15) is 9.84 Å². The Hall–Kier alpha value is -1.69. The number of nitrogens with one attached hydrogen (secondary N) is 1. The average Bonchev–Trinajstić information content (AvgIpc) is 2.27. The molecule has 0 aliphatic heterocycles. The molecule has 0 unspecified atom stereocenters. The van der Waals surface area contributed by atoms with Crippen LogP contribution < -0.4 is 5.32 Å². The lowest BCUT2D eigenvalue weighted by atomic mass is 10.1. The number of amides is 1. The molecule has 0 atom stereocenters. The number of sulfone groups is 1. The largest absolute Gasteiger partial charge is 0.326 e. The molecule has 0 spiro atoms. The molecule has 1 N–H and O–H groups in total. The molecule has 0 bridgehead atoms. The Morgan fingerprint density at radius 2 is 1.74 bits per heavy atom. The fourth-order valence-electron chi connectivity index (χ4n) is 1.51. The third kappa shape index (κ3) is 6.15. The van der Waals surface area contributed by atoms with E-state index in [-0.39, 0.29) is 23.9 Å². The lowest BCUT2D eigenvalue weighted by Crippen LogP contribution is -2.13. The van der Waals surface area contributed by atoms with E-state index in [1.807, 2.05) is 0 Å². The van der Waals surface area contributed by atoms with Gasteiger partial charge in [0.15, 0.2) is 5.78 Å². The minimum absolute atomic E-state index is 0.00367. The minimum atomic E-state index is -3.03. The molecule has 1 amide bonds. The van der Waals surface area contributed by atoms with Crippen LogP contribution in [0.4, 0.5) is 5.69 Å². The van der Waals surface area contributed by atoms with Crippen molar-refractivity contribution in [3.8, 4) is 0 Å². The maximum atomic E-state index is 11.5. The first-order chi connectivity index (χ1) is 8.78. The van der Waals surface area contributed by atoms with Crippen LogP contribution in [-0.2, 0) is 14.6 Å². The summed E-state index contributed by atoms with van der Waals surface area (Å²) < 4.78 is 21.8. The quantitative estimate of drug-likeness (QED) is 0.805. The molecule has 1 aromatic carbocycles. The van der Waals surface area contributed by atoms with Gasteiger partial charge in [-0.3, -0.25) is 9.59 Å². The molecule has 0 aliphatic rings.